The zero-order valence-electron chi connectivity index (χ0n) is 12.5. The van der Waals surface area contributed by atoms with E-state index in [1.165, 1.54) is 37.7 Å². The van der Waals surface area contributed by atoms with Crippen LogP contribution < -0.4 is 5.32 Å². The van der Waals surface area contributed by atoms with E-state index in [4.69, 9.17) is 0 Å². The summed E-state index contributed by atoms with van der Waals surface area (Å²) in [6.07, 6.45) is 6.53. The first-order chi connectivity index (χ1) is 9.65. The molecule has 0 amide bonds. The van der Waals surface area contributed by atoms with Crippen LogP contribution in [0.15, 0.2) is 22.7 Å². The van der Waals surface area contributed by atoms with Crippen LogP contribution in [0.1, 0.15) is 57.6 Å². The molecule has 1 fully saturated rings. The number of nitrogens with one attached hydrogen (secondary N) is 1. The predicted octanol–water partition coefficient (Wildman–Crippen LogP) is 5.46. The molecule has 1 aliphatic carbocycles. The maximum atomic E-state index is 13.3. The first-order valence-electron chi connectivity index (χ1n) is 7.84. The number of hydrogen-bond acceptors (Lipinski definition) is 1. The van der Waals surface area contributed by atoms with E-state index in [0.29, 0.717) is 12.0 Å². The molecule has 2 rings (SSSR count). The van der Waals surface area contributed by atoms with E-state index < -0.39 is 0 Å². The van der Waals surface area contributed by atoms with Crippen LogP contribution in [0.25, 0.3) is 0 Å². The van der Waals surface area contributed by atoms with E-state index in [1.54, 1.807) is 12.1 Å². The van der Waals surface area contributed by atoms with Crippen molar-refractivity contribution in [3.63, 3.8) is 0 Å². The van der Waals surface area contributed by atoms with E-state index in [2.05, 4.69) is 35.1 Å². The Balaban J connectivity index is 2.14. The molecular formula is C17H25BrFN. The lowest BCUT2D eigenvalue weighted by atomic mass is 9.76. The molecule has 3 heteroatoms. The maximum absolute atomic E-state index is 13.3. The zero-order valence-corrected chi connectivity index (χ0v) is 14.0. The summed E-state index contributed by atoms with van der Waals surface area (Å²) in [5.74, 6) is 1.40. The molecule has 20 heavy (non-hydrogen) atoms. The molecule has 1 unspecified atom stereocenters. The Labute approximate surface area is 130 Å². The van der Waals surface area contributed by atoms with Gasteiger partial charge in [-0.15, -0.1) is 0 Å². The largest absolute Gasteiger partial charge is 0.310 e. The van der Waals surface area contributed by atoms with Crippen LogP contribution >= 0.6 is 15.9 Å². The van der Waals surface area contributed by atoms with Crippen LogP contribution in [0.2, 0.25) is 0 Å². The Morgan fingerprint density at radius 3 is 2.50 bits per heavy atom. The monoisotopic (exact) mass is 341 g/mol. The van der Waals surface area contributed by atoms with Gasteiger partial charge in [0, 0.05) is 10.5 Å². The van der Waals surface area contributed by atoms with Crippen LogP contribution in [0.3, 0.4) is 0 Å². The molecule has 1 aliphatic rings. The Bertz CT molecular complexity index is 427. The van der Waals surface area contributed by atoms with E-state index in [0.717, 1.165) is 16.9 Å². The second-order valence-electron chi connectivity index (χ2n) is 5.89. The van der Waals surface area contributed by atoms with Gasteiger partial charge in [0.05, 0.1) is 0 Å². The smallest absolute Gasteiger partial charge is 0.124 e. The van der Waals surface area contributed by atoms with Crippen molar-refractivity contribution < 1.29 is 4.39 Å². The van der Waals surface area contributed by atoms with Gasteiger partial charge in [-0.25, -0.2) is 4.39 Å². The van der Waals surface area contributed by atoms with E-state index >= 15 is 0 Å². The van der Waals surface area contributed by atoms with Crippen molar-refractivity contribution in [3.8, 4) is 0 Å². The van der Waals surface area contributed by atoms with Gasteiger partial charge in [0.1, 0.15) is 5.82 Å². The first kappa shape index (κ1) is 16.0. The highest BCUT2D eigenvalue weighted by Gasteiger charge is 2.28. The van der Waals surface area contributed by atoms with Crippen LogP contribution in [0, 0.1) is 17.7 Å². The van der Waals surface area contributed by atoms with Crippen LogP contribution in [0.5, 0.6) is 0 Å². The number of hydrogen-bond donors (Lipinski definition) is 1. The first-order valence-corrected chi connectivity index (χ1v) is 8.63. The van der Waals surface area contributed by atoms with E-state index in [9.17, 15) is 4.39 Å². The summed E-state index contributed by atoms with van der Waals surface area (Å²) in [7, 11) is 0. The second kappa shape index (κ2) is 7.56. The number of benzene rings is 1. The van der Waals surface area contributed by atoms with Gasteiger partial charge in [0.2, 0.25) is 0 Å². The molecule has 1 aromatic rings. The van der Waals surface area contributed by atoms with Gasteiger partial charge >= 0.3 is 0 Å². The second-order valence-corrected chi connectivity index (χ2v) is 6.74. The Kier molecular flexibility index (Phi) is 6.03. The summed E-state index contributed by atoms with van der Waals surface area (Å²) < 4.78 is 14.2. The zero-order chi connectivity index (χ0) is 14.5. The minimum atomic E-state index is -0.175. The maximum Gasteiger partial charge on any atom is 0.124 e. The fourth-order valence-corrected chi connectivity index (χ4v) is 4.03. The van der Waals surface area contributed by atoms with Crippen molar-refractivity contribution in [3.05, 3.63) is 34.1 Å². The third kappa shape index (κ3) is 3.82. The molecule has 0 bridgehead atoms. The van der Waals surface area contributed by atoms with Gasteiger partial charge in [-0.05, 0) is 48.9 Å². The lowest BCUT2D eigenvalue weighted by Crippen LogP contribution is -2.31. The summed E-state index contributed by atoms with van der Waals surface area (Å²) in [5, 5.41) is 3.61. The van der Waals surface area contributed by atoms with Crippen molar-refractivity contribution in [2.24, 2.45) is 11.8 Å². The molecular weight excluding hydrogens is 317 g/mol. The minimum absolute atomic E-state index is 0.175. The van der Waals surface area contributed by atoms with Crippen molar-refractivity contribution >= 4 is 15.9 Å². The summed E-state index contributed by atoms with van der Waals surface area (Å²) in [5.41, 5.74) is 1.20. The van der Waals surface area contributed by atoms with Gasteiger partial charge in [0.15, 0.2) is 0 Å². The SMILES string of the molecule is CCNC(c1ccc(F)cc1Br)C1CCC(CC)CC1. The summed E-state index contributed by atoms with van der Waals surface area (Å²) in [6, 6.07) is 5.42. The highest BCUT2D eigenvalue weighted by atomic mass is 79.9. The normalized spacial score (nSPS) is 24.6. The Morgan fingerprint density at radius 1 is 1.25 bits per heavy atom. The topological polar surface area (TPSA) is 12.0 Å². The average molecular weight is 342 g/mol. The van der Waals surface area contributed by atoms with Crippen LogP contribution in [-0.2, 0) is 0 Å². The highest BCUT2D eigenvalue weighted by molar-refractivity contribution is 9.10. The highest BCUT2D eigenvalue weighted by Crippen LogP contribution is 2.39. The summed E-state index contributed by atoms with van der Waals surface area (Å²) in [6.45, 7) is 5.38. The molecule has 0 heterocycles. The van der Waals surface area contributed by atoms with Crippen molar-refractivity contribution in [2.75, 3.05) is 6.54 Å². The summed E-state index contributed by atoms with van der Waals surface area (Å²) in [4.78, 5) is 0. The van der Waals surface area contributed by atoms with Crippen molar-refractivity contribution in [2.45, 2.75) is 52.0 Å². The minimum Gasteiger partial charge on any atom is -0.310 e. The lowest BCUT2D eigenvalue weighted by molar-refractivity contribution is 0.219. The lowest BCUT2D eigenvalue weighted by Gasteiger charge is -2.34. The molecule has 1 nitrogen and oxygen atoms in total. The molecule has 112 valence electrons. The summed E-state index contributed by atoms with van der Waals surface area (Å²) >= 11 is 3.53. The van der Waals surface area contributed by atoms with E-state index in [-0.39, 0.29) is 5.82 Å². The molecule has 1 saturated carbocycles. The molecule has 0 radical (unpaired) electrons. The van der Waals surface area contributed by atoms with Crippen molar-refractivity contribution in [1.82, 2.24) is 5.32 Å². The number of rotatable bonds is 5. The third-order valence-corrected chi connectivity index (χ3v) is 5.35. The Hall–Kier alpha value is -0.410. The van der Waals surface area contributed by atoms with Crippen LogP contribution in [-0.4, -0.2) is 6.54 Å². The molecule has 1 aromatic carbocycles. The van der Waals surface area contributed by atoms with Gasteiger partial charge in [-0.1, -0.05) is 55.1 Å². The average Bonchev–Trinajstić information content (AvgIpc) is 2.46. The van der Waals surface area contributed by atoms with Crippen molar-refractivity contribution in [1.29, 1.82) is 0 Å². The Morgan fingerprint density at radius 2 is 1.95 bits per heavy atom. The third-order valence-electron chi connectivity index (χ3n) is 4.66. The van der Waals surface area contributed by atoms with Gasteiger partial charge < -0.3 is 5.32 Å². The molecule has 1 atom stereocenters. The molecule has 0 aromatic heterocycles. The molecule has 0 aliphatic heterocycles. The van der Waals surface area contributed by atoms with E-state index in [1.807, 2.05) is 6.07 Å². The number of halogens is 2. The van der Waals surface area contributed by atoms with Gasteiger partial charge in [-0.2, -0.15) is 0 Å². The molecule has 1 N–H and O–H groups in total. The molecule has 0 saturated heterocycles. The standard InChI is InChI=1S/C17H25BrFN/c1-3-12-5-7-13(8-6-12)17(20-4-2)15-10-9-14(19)11-16(15)18/h9-13,17,20H,3-8H2,1-2H3. The molecule has 0 spiro atoms. The van der Waals surface area contributed by atoms with Crippen LogP contribution in [0.4, 0.5) is 4.39 Å². The predicted molar refractivity (Wildman–Crippen MR) is 86.3 cm³/mol. The fraction of sp³-hybridized carbons (Fsp3) is 0.647. The van der Waals surface area contributed by atoms with Gasteiger partial charge in [-0.3, -0.25) is 0 Å². The van der Waals surface area contributed by atoms with Gasteiger partial charge in [0.25, 0.3) is 0 Å². The quantitative estimate of drug-likeness (QED) is 0.750. The fourth-order valence-electron chi connectivity index (χ4n) is 3.43.